The number of aryl methyl sites for hydroxylation is 1. The molecule has 5 nitrogen and oxygen atoms in total. The van der Waals surface area contributed by atoms with Crippen LogP contribution in [0.2, 0.25) is 0 Å². The topological polar surface area (TPSA) is 50.6 Å². The van der Waals surface area contributed by atoms with E-state index in [0.29, 0.717) is 22.0 Å². The van der Waals surface area contributed by atoms with E-state index < -0.39 is 11.9 Å². The number of benzene rings is 1. The molecule has 0 aliphatic carbocycles. The van der Waals surface area contributed by atoms with Crippen molar-refractivity contribution in [2.45, 2.75) is 25.2 Å². The SMILES string of the molecule is CCN(C)/C=N/c1cc(Br)c(Oc2ccnc(SCC(F)(F)F)n2)cc1C. The van der Waals surface area contributed by atoms with Crippen LogP contribution < -0.4 is 4.74 Å². The molecule has 0 fully saturated rings. The predicted octanol–water partition coefficient (Wildman–Crippen LogP) is 5.61. The van der Waals surface area contributed by atoms with Gasteiger partial charge in [-0.3, -0.25) is 0 Å². The molecule has 0 radical (unpaired) electrons. The van der Waals surface area contributed by atoms with E-state index in [1.54, 1.807) is 12.4 Å². The number of aromatic nitrogens is 2. The summed E-state index contributed by atoms with van der Waals surface area (Å²) in [5, 5.41) is 0.00138. The van der Waals surface area contributed by atoms with Gasteiger partial charge in [0, 0.05) is 25.9 Å². The van der Waals surface area contributed by atoms with Gasteiger partial charge in [0.15, 0.2) is 5.16 Å². The molecular formula is C17H18BrF3N4OS. The van der Waals surface area contributed by atoms with Crippen LogP contribution in [0, 0.1) is 6.92 Å². The Kier molecular flexibility index (Phi) is 7.49. The second-order valence-corrected chi connectivity index (χ2v) is 7.37. The van der Waals surface area contributed by atoms with Crippen molar-refractivity contribution in [3.05, 3.63) is 34.4 Å². The smallest absolute Gasteiger partial charge is 0.398 e. The fourth-order valence-corrected chi connectivity index (χ4v) is 2.81. The molecule has 0 amide bonds. The molecular weight excluding hydrogens is 445 g/mol. The summed E-state index contributed by atoms with van der Waals surface area (Å²) in [6.07, 6.45) is -1.18. The molecule has 2 rings (SSSR count). The lowest BCUT2D eigenvalue weighted by Crippen LogP contribution is -2.14. The average molecular weight is 463 g/mol. The van der Waals surface area contributed by atoms with Gasteiger partial charge in [-0.25, -0.2) is 9.98 Å². The van der Waals surface area contributed by atoms with Gasteiger partial charge < -0.3 is 9.64 Å². The number of rotatable bonds is 7. The Bertz CT molecular complexity index is 817. The van der Waals surface area contributed by atoms with E-state index >= 15 is 0 Å². The number of alkyl halides is 3. The van der Waals surface area contributed by atoms with Crippen molar-refractivity contribution in [3.8, 4) is 11.6 Å². The molecule has 10 heteroatoms. The lowest BCUT2D eigenvalue weighted by atomic mass is 10.2. The van der Waals surface area contributed by atoms with E-state index in [1.165, 1.54) is 12.3 Å². The third kappa shape index (κ3) is 7.02. The zero-order valence-electron chi connectivity index (χ0n) is 14.9. The van der Waals surface area contributed by atoms with E-state index in [-0.39, 0.29) is 11.0 Å². The molecule has 0 saturated carbocycles. The lowest BCUT2D eigenvalue weighted by molar-refractivity contribution is -0.105. The largest absolute Gasteiger partial charge is 0.438 e. The molecule has 146 valence electrons. The first-order valence-corrected chi connectivity index (χ1v) is 9.71. The number of hydrogen-bond donors (Lipinski definition) is 0. The molecule has 0 aliphatic rings. The van der Waals surface area contributed by atoms with Crippen LogP contribution in [0.1, 0.15) is 12.5 Å². The molecule has 0 aliphatic heterocycles. The summed E-state index contributed by atoms with van der Waals surface area (Å²) in [4.78, 5) is 14.2. The zero-order valence-corrected chi connectivity index (χ0v) is 17.3. The Morgan fingerprint density at radius 1 is 1.37 bits per heavy atom. The third-order valence-corrected chi connectivity index (χ3v) is 4.88. The van der Waals surface area contributed by atoms with Gasteiger partial charge in [0.25, 0.3) is 0 Å². The molecule has 0 N–H and O–H groups in total. The highest BCUT2D eigenvalue weighted by atomic mass is 79.9. The molecule has 1 aromatic heterocycles. The highest BCUT2D eigenvalue weighted by Crippen LogP contribution is 2.35. The highest BCUT2D eigenvalue weighted by Gasteiger charge is 2.28. The van der Waals surface area contributed by atoms with Crippen LogP contribution in [-0.4, -0.2) is 46.7 Å². The number of hydrogen-bond acceptors (Lipinski definition) is 5. The average Bonchev–Trinajstić information content (AvgIpc) is 2.61. The highest BCUT2D eigenvalue weighted by molar-refractivity contribution is 9.10. The van der Waals surface area contributed by atoms with Gasteiger partial charge in [0.2, 0.25) is 5.88 Å². The van der Waals surface area contributed by atoms with Gasteiger partial charge in [-0.15, -0.1) is 0 Å². The van der Waals surface area contributed by atoms with Crippen LogP contribution >= 0.6 is 27.7 Å². The predicted molar refractivity (Wildman–Crippen MR) is 104 cm³/mol. The molecule has 0 spiro atoms. The maximum atomic E-state index is 12.3. The molecule has 0 bridgehead atoms. The van der Waals surface area contributed by atoms with Crippen molar-refractivity contribution in [2.24, 2.45) is 4.99 Å². The van der Waals surface area contributed by atoms with Gasteiger partial charge in [-0.2, -0.15) is 18.2 Å². The molecule has 0 saturated heterocycles. The fraction of sp³-hybridized carbons (Fsp3) is 0.353. The summed E-state index contributed by atoms with van der Waals surface area (Å²) < 4.78 is 43.4. The van der Waals surface area contributed by atoms with Crippen molar-refractivity contribution >= 4 is 39.7 Å². The Morgan fingerprint density at radius 2 is 2.11 bits per heavy atom. The number of ether oxygens (including phenoxy) is 1. The van der Waals surface area contributed by atoms with Crippen molar-refractivity contribution in [1.29, 1.82) is 0 Å². The molecule has 0 atom stereocenters. The Hall–Kier alpha value is -1.81. The molecule has 2 aromatic rings. The van der Waals surface area contributed by atoms with Crippen molar-refractivity contribution in [1.82, 2.24) is 14.9 Å². The Balaban J connectivity index is 2.15. The van der Waals surface area contributed by atoms with Crippen LogP contribution in [0.3, 0.4) is 0 Å². The summed E-state index contributed by atoms with van der Waals surface area (Å²) in [7, 11) is 1.93. The standard InChI is InChI=1S/C17H18BrF3N4OS/c1-4-25(3)10-23-13-8-12(18)14(7-11(13)2)26-15-5-6-22-16(24-15)27-9-17(19,20)21/h5-8,10H,4,9H2,1-3H3/b23-10+. The second-order valence-electron chi connectivity index (χ2n) is 5.57. The summed E-state index contributed by atoms with van der Waals surface area (Å²) in [6, 6.07) is 5.08. The summed E-state index contributed by atoms with van der Waals surface area (Å²) in [6.45, 7) is 4.75. The first-order chi connectivity index (χ1) is 12.7. The quantitative estimate of drug-likeness (QED) is 0.231. The molecule has 1 heterocycles. The first-order valence-electron chi connectivity index (χ1n) is 7.93. The Morgan fingerprint density at radius 3 is 2.78 bits per heavy atom. The zero-order chi connectivity index (χ0) is 20.0. The van der Waals surface area contributed by atoms with Gasteiger partial charge in [-0.1, -0.05) is 11.8 Å². The van der Waals surface area contributed by atoms with Crippen LogP contribution in [0.25, 0.3) is 0 Å². The third-order valence-electron chi connectivity index (χ3n) is 3.33. The maximum Gasteiger partial charge on any atom is 0.398 e. The van der Waals surface area contributed by atoms with Crippen LogP contribution in [0.5, 0.6) is 11.6 Å². The summed E-state index contributed by atoms with van der Waals surface area (Å²) in [5.74, 6) is -0.407. The van der Waals surface area contributed by atoms with E-state index in [9.17, 15) is 13.2 Å². The van der Waals surface area contributed by atoms with E-state index in [4.69, 9.17) is 4.74 Å². The fourth-order valence-electron chi connectivity index (χ4n) is 1.81. The number of aliphatic imine (C=N–C) groups is 1. The van der Waals surface area contributed by atoms with Crippen LogP contribution in [0.4, 0.5) is 18.9 Å². The number of thioether (sulfide) groups is 1. The van der Waals surface area contributed by atoms with Crippen molar-refractivity contribution in [3.63, 3.8) is 0 Å². The van der Waals surface area contributed by atoms with Gasteiger partial charge in [-0.05, 0) is 47.5 Å². The summed E-state index contributed by atoms with van der Waals surface area (Å²) >= 11 is 3.94. The summed E-state index contributed by atoms with van der Waals surface area (Å²) in [5.41, 5.74) is 1.66. The normalized spacial score (nSPS) is 11.8. The van der Waals surface area contributed by atoms with Crippen LogP contribution in [0.15, 0.2) is 39.0 Å². The number of halogens is 4. The minimum atomic E-state index is -4.28. The number of nitrogens with zero attached hydrogens (tertiary/aromatic N) is 4. The van der Waals surface area contributed by atoms with Crippen molar-refractivity contribution in [2.75, 3.05) is 19.3 Å². The van der Waals surface area contributed by atoms with E-state index in [0.717, 1.165) is 17.8 Å². The second kappa shape index (κ2) is 9.41. The van der Waals surface area contributed by atoms with E-state index in [1.807, 2.05) is 31.9 Å². The minimum Gasteiger partial charge on any atom is -0.438 e. The van der Waals surface area contributed by atoms with Crippen molar-refractivity contribution < 1.29 is 17.9 Å². The minimum absolute atomic E-state index is 0.00138. The van der Waals surface area contributed by atoms with Crippen LogP contribution in [-0.2, 0) is 0 Å². The molecule has 0 unspecified atom stereocenters. The first kappa shape index (κ1) is 21.5. The van der Waals surface area contributed by atoms with Gasteiger partial charge in [0.1, 0.15) is 5.75 Å². The maximum absolute atomic E-state index is 12.3. The monoisotopic (exact) mass is 462 g/mol. The molecule has 1 aromatic carbocycles. The Labute approximate surface area is 168 Å². The van der Waals surface area contributed by atoms with Gasteiger partial charge in [0.05, 0.1) is 22.3 Å². The molecule has 27 heavy (non-hydrogen) atoms. The van der Waals surface area contributed by atoms with E-state index in [2.05, 4.69) is 30.9 Å². The lowest BCUT2D eigenvalue weighted by Gasteiger charge is -2.12. The van der Waals surface area contributed by atoms with Gasteiger partial charge >= 0.3 is 6.18 Å².